The van der Waals surface area contributed by atoms with Gasteiger partial charge < -0.3 is 10.1 Å². The van der Waals surface area contributed by atoms with Crippen molar-refractivity contribution in [3.63, 3.8) is 0 Å². The van der Waals surface area contributed by atoms with Crippen LogP contribution in [0.15, 0.2) is 18.2 Å². The lowest BCUT2D eigenvalue weighted by Crippen LogP contribution is -2.35. The summed E-state index contributed by atoms with van der Waals surface area (Å²) in [6, 6.07) is 7.48. The molecule has 0 amide bonds. The van der Waals surface area contributed by atoms with Crippen LogP contribution in [-0.4, -0.2) is 42.2 Å². The highest BCUT2D eigenvalue weighted by Gasteiger charge is 2.20. The maximum atomic E-state index is 5.25. The van der Waals surface area contributed by atoms with Gasteiger partial charge in [0.2, 0.25) is 0 Å². The molecular formula is C16H27N3O. The van der Waals surface area contributed by atoms with E-state index in [0.29, 0.717) is 6.04 Å². The van der Waals surface area contributed by atoms with Crippen LogP contribution >= 0.6 is 0 Å². The molecule has 1 aromatic rings. The van der Waals surface area contributed by atoms with E-state index in [1.807, 2.05) is 0 Å². The third-order valence-electron chi connectivity index (χ3n) is 3.82. The van der Waals surface area contributed by atoms with Gasteiger partial charge in [-0.3, -0.25) is 9.88 Å². The summed E-state index contributed by atoms with van der Waals surface area (Å²) in [5.74, 6) is 0. The Labute approximate surface area is 122 Å². The van der Waals surface area contributed by atoms with E-state index in [-0.39, 0.29) is 0 Å². The van der Waals surface area contributed by atoms with Crippen molar-refractivity contribution in [1.82, 2.24) is 15.2 Å². The van der Waals surface area contributed by atoms with Crippen molar-refractivity contribution in [3.05, 3.63) is 29.6 Å². The van der Waals surface area contributed by atoms with E-state index in [4.69, 9.17) is 9.72 Å². The molecule has 4 heteroatoms. The molecule has 0 aromatic carbocycles. The molecule has 1 saturated carbocycles. The molecule has 0 spiro atoms. The van der Waals surface area contributed by atoms with Crippen LogP contribution in [0.2, 0.25) is 0 Å². The van der Waals surface area contributed by atoms with Crippen LogP contribution < -0.4 is 5.32 Å². The van der Waals surface area contributed by atoms with Gasteiger partial charge in [-0.2, -0.15) is 0 Å². The molecule has 4 nitrogen and oxygen atoms in total. The minimum atomic E-state index is 0.417. The van der Waals surface area contributed by atoms with Gasteiger partial charge >= 0.3 is 0 Å². The molecule has 0 aliphatic heterocycles. The second kappa shape index (κ2) is 7.72. The fourth-order valence-electron chi connectivity index (χ4n) is 2.39. The normalized spacial score (nSPS) is 16.6. The Bertz CT molecular complexity index is 406. The van der Waals surface area contributed by atoms with Gasteiger partial charge in [-0.05, 0) is 38.4 Å². The van der Waals surface area contributed by atoms with E-state index >= 15 is 0 Å². The fourth-order valence-corrected chi connectivity index (χ4v) is 2.39. The average Bonchev–Trinajstić information content (AvgIpc) is 3.27. The number of nitrogens with one attached hydrogen (secondary N) is 1. The first kappa shape index (κ1) is 15.4. The molecule has 1 heterocycles. The zero-order valence-electron chi connectivity index (χ0n) is 12.9. The topological polar surface area (TPSA) is 37.4 Å². The number of nitrogens with zero attached hydrogens (tertiary/aromatic N) is 2. The van der Waals surface area contributed by atoms with Crippen molar-refractivity contribution in [2.45, 2.75) is 51.9 Å². The lowest BCUT2D eigenvalue weighted by molar-refractivity contribution is 0.0973. The first-order chi connectivity index (χ1) is 9.72. The molecule has 2 rings (SSSR count). The summed E-state index contributed by atoms with van der Waals surface area (Å²) in [4.78, 5) is 7.15. The van der Waals surface area contributed by atoms with Crippen LogP contribution in [-0.2, 0) is 17.8 Å². The van der Waals surface area contributed by atoms with E-state index in [9.17, 15) is 0 Å². The van der Waals surface area contributed by atoms with Crippen LogP contribution in [0, 0.1) is 0 Å². The second-order valence-corrected chi connectivity index (χ2v) is 5.64. The molecule has 20 heavy (non-hydrogen) atoms. The lowest BCUT2D eigenvalue weighted by Gasteiger charge is -2.27. The standard InChI is InChI=1S/C16H27N3O/c1-4-19(13(2)12-20-3)11-16-7-5-6-15(18-16)10-17-14-8-9-14/h5-7,13-14,17H,4,8-12H2,1-3H3. The van der Waals surface area contributed by atoms with Gasteiger partial charge in [-0.15, -0.1) is 0 Å². The Kier molecular flexibility index (Phi) is 5.95. The Morgan fingerprint density at radius 3 is 2.80 bits per heavy atom. The molecule has 1 atom stereocenters. The third-order valence-corrected chi connectivity index (χ3v) is 3.82. The molecule has 0 radical (unpaired) electrons. The minimum absolute atomic E-state index is 0.417. The summed E-state index contributed by atoms with van der Waals surface area (Å²) in [6.45, 7) is 7.93. The molecule has 0 bridgehead atoms. The summed E-state index contributed by atoms with van der Waals surface area (Å²) in [6.07, 6.45) is 2.63. The molecular weight excluding hydrogens is 250 g/mol. The second-order valence-electron chi connectivity index (χ2n) is 5.64. The van der Waals surface area contributed by atoms with Crippen molar-refractivity contribution in [2.24, 2.45) is 0 Å². The van der Waals surface area contributed by atoms with Gasteiger partial charge in [-0.25, -0.2) is 0 Å². The van der Waals surface area contributed by atoms with Crippen LogP contribution in [0.25, 0.3) is 0 Å². The fraction of sp³-hybridized carbons (Fsp3) is 0.688. The number of ether oxygens (including phenoxy) is 1. The summed E-state index contributed by atoms with van der Waals surface area (Å²) >= 11 is 0. The largest absolute Gasteiger partial charge is 0.383 e. The number of hydrogen-bond donors (Lipinski definition) is 1. The minimum Gasteiger partial charge on any atom is -0.383 e. The van der Waals surface area contributed by atoms with Gasteiger partial charge in [0.15, 0.2) is 0 Å². The zero-order chi connectivity index (χ0) is 14.4. The molecule has 1 fully saturated rings. The number of rotatable bonds is 9. The van der Waals surface area contributed by atoms with Crippen molar-refractivity contribution >= 4 is 0 Å². The molecule has 1 aliphatic carbocycles. The molecule has 1 aromatic heterocycles. The Balaban J connectivity index is 1.90. The van der Waals surface area contributed by atoms with Crippen molar-refractivity contribution in [3.8, 4) is 0 Å². The molecule has 0 saturated heterocycles. The predicted molar refractivity (Wildman–Crippen MR) is 81.5 cm³/mol. The Morgan fingerprint density at radius 1 is 1.40 bits per heavy atom. The van der Waals surface area contributed by atoms with Crippen LogP contribution in [0.3, 0.4) is 0 Å². The first-order valence-electron chi connectivity index (χ1n) is 7.64. The van der Waals surface area contributed by atoms with E-state index in [1.165, 1.54) is 12.8 Å². The highest BCUT2D eigenvalue weighted by atomic mass is 16.5. The SMILES string of the molecule is CCN(Cc1cccc(CNC2CC2)n1)C(C)COC. The molecule has 1 N–H and O–H groups in total. The zero-order valence-corrected chi connectivity index (χ0v) is 12.9. The first-order valence-corrected chi connectivity index (χ1v) is 7.64. The van der Waals surface area contributed by atoms with Gasteiger partial charge in [0.25, 0.3) is 0 Å². The Morgan fingerprint density at radius 2 is 2.15 bits per heavy atom. The predicted octanol–water partition coefficient (Wildman–Crippen LogP) is 2.19. The summed E-state index contributed by atoms with van der Waals surface area (Å²) < 4.78 is 5.25. The number of pyridine rings is 1. The quantitative estimate of drug-likeness (QED) is 0.751. The van der Waals surface area contributed by atoms with Crippen LogP contribution in [0.5, 0.6) is 0 Å². The van der Waals surface area contributed by atoms with Gasteiger partial charge in [0.05, 0.1) is 18.0 Å². The van der Waals surface area contributed by atoms with E-state index < -0.39 is 0 Å². The number of methoxy groups -OCH3 is 1. The van der Waals surface area contributed by atoms with Gasteiger partial charge in [-0.1, -0.05) is 13.0 Å². The smallest absolute Gasteiger partial charge is 0.0615 e. The molecule has 1 aliphatic rings. The molecule has 1 unspecified atom stereocenters. The summed E-state index contributed by atoms with van der Waals surface area (Å²) in [7, 11) is 1.76. The van der Waals surface area contributed by atoms with Crippen LogP contribution in [0.4, 0.5) is 0 Å². The number of aromatic nitrogens is 1. The van der Waals surface area contributed by atoms with Crippen molar-refractivity contribution in [1.29, 1.82) is 0 Å². The number of hydrogen-bond acceptors (Lipinski definition) is 4. The van der Waals surface area contributed by atoms with Gasteiger partial charge in [0, 0.05) is 32.3 Å². The Hall–Kier alpha value is -0.970. The van der Waals surface area contributed by atoms with Crippen molar-refractivity contribution < 1.29 is 4.74 Å². The van der Waals surface area contributed by atoms with Gasteiger partial charge in [0.1, 0.15) is 0 Å². The summed E-state index contributed by atoms with van der Waals surface area (Å²) in [5.41, 5.74) is 2.29. The maximum absolute atomic E-state index is 5.25. The average molecular weight is 277 g/mol. The maximum Gasteiger partial charge on any atom is 0.0615 e. The number of likely N-dealkylation sites (N-methyl/N-ethyl adjacent to an activating group) is 1. The van der Waals surface area contributed by atoms with E-state index in [1.54, 1.807) is 7.11 Å². The monoisotopic (exact) mass is 277 g/mol. The summed E-state index contributed by atoms with van der Waals surface area (Å²) in [5, 5.41) is 3.51. The lowest BCUT2D eigenvalue weighted by atomic mass is 10.2. The molecule has 112 valence electrons. The third kappa shape index (κ3) is 4.85. The van der Waals surface area contributed by atoms with Crippen LogP contribution in [0.1, 0.15) is 38.1 Å². The van der Waals surface area contributed by atoms with E-state index in [2.05, 4.69) is 42.3 Å². The van der Waals surface area contributed by atoms with E-state index in [0.717, 1.165) is 43.7 Å². The highest BCUT2D eigenvalue weighted by molar-refractivity contribution is 5.11. The van der Waals surface area contributed by atoms with Crippen molar-refractivity contribution in [2.75, 3.05) is 20.3 Å². The highest BCUT2D eigenvalue weighted by Crippen LogP contribution is 2.19.